The van der Waals surface area contributed by atoms with E-state index in [1.54, 1.807) is 6.07 Å². The van der Waals surface area contributed by atoms with Gasteiger partial charge < -0.3 is 15.5 Å². The Labute approximate surface area is 80.9 Å². The van der Waals surface area contributed by atoms with Crippen molar-refractivity contribution in [1.29, 1.82) is 0 Å². The van der Waals surface area contributed by atoms with Crippen LogP contribution in [-0.4, -0.2) is 24.1 Å². The highest BCUT2D eigenvalue weighted by atomic mass is 16.5. The summed E-state index contributed by atoms with van der Waals surface area (Å²) in [4.78, 5) is 24.3. The quantitative estimate of drug-likeness (QED) is 0.633. The van der Waals surface area contributed by atoms with Crippen LogP contribution in [-0.2, 0) is 16.0 Å². The van der Waals surface area contributed by atoms with Crippen molar-refractivity contribution >= 4 is 5.97 Å². The topological polar surface area (TPSA) is 85.2 Å². The molecule has 0 aliphatic heterocycles. The fourth-order valence-corrected chi connectivity index (χ4v) is 1.10. The largest absolute Gasteiger partial charge is 0.468 e. The standard InChI is InChI=1S/C9H12N2O3/c1-14-9(13)7(10)4-6-2-3-11-8(12)5-6/h2-3,5,7H,4,10H2,1H3,(H,11,12)/t7-/m0/s1. The third-order valence-corrected chi connectivity index (χ3v) is 1.80. The molecule has 1 aromatic heterocycles. The summed E-state index contributed by atoms with van der Waals surface area (Å²) in [5, 5.41) is 0. The minimum Gasteiger partial charge on any atom is -0.468 e. The van der Waals surface area contributed by atoms with Crippen molar-refractivity contribution in [3.63, 3.8) is 0 Å². The van der Waals surface area contributed by atoms with Gasteiger partial charge in [-0.2, -0.15) is 0 Å². The van der Waals surface area contributed by atoms with E-state index in [4.69, 9.17) is 5.73 Å². The number of esters is 1. The third kappa shape index (κ3) is 2.70. The molecule has 0 saturated heterocycles. The van der Waals surface area contributed by atoms with Crippen molar-refractivity contribution in [2.24, 2.45) is 5.73 Å². The summed E-state index contributed by atoms with van der Waals surface area (Å²) < 4.78 is 4.46. The lowest BCUT2D eigenvalue weighted by atomic mass is 10.1. The molecule has 3 N–H and O–H groups in total. The molecule has 1 aromatic rings. The minimum absolute atomic E-state index is 0.209. The molecule has 5 heteroatoms. The zero-order valence-corrected chi connectivity index (χ0v) is 7.82. The maximum Gasteiger partial charge on any atom is 0.322 e. The van der Waals surface area contributed by atoms with E-state index < -0.39 is 12.0 Å². The number of ether oxygens (including phenoxy) is 1. The van der Waals surface area contributed by atoms with Gasteiger partial charge in [0.05, 0.1) is 7.11 Å². The van der Waals surface area contributed by atoms with Gasteiger partial charge in [-0.3, -0.25) is 9.59 Å². The number of hydrogen-bond donors (Lipinski definition) is 2. The summed E-state index contributed by atoms with van der Waals surface area (Å²) in [6.07, 6.45) is 1.82. The van der Waals surface area contributed by atoms with Gasteiger partial charge in [0.25, 0.3) is 0 Å². The number of carbonyl (C=O) groups excluding carboxylic acids is 1. The number of pyridine rings is 1. The molecule has 0 saturated carbocycles. The van der Waals surface area contributed by atoms with Gasteiger partial charge in [-0.25, -0.2) is 0 Å². The summed E-state index contributed by atoms with van der Waals surface area (Å²) in [7, 11) is 1.28. The van der Waals surface area contributed by atoms with Crippen molar-refractivity contribution in [3.05, 3.63) is 34.2 Å². The Morgan fingerprint density at radius 3 is 3.00 bits per heavy atom. The van der Waals surface area contributed by atoms with E-state index in [2.05, 4.69) is 9.72 Å². The molecule has 1 rings (SSSR count). The van der Waals surface area contributed by atoms with Crippen LogP contribution in [0.5, 0.6) is 0 Å². The van der Waals surface area contributed by atoms with Gasteiger partial charge in [-0.05, 0) is 18.1 Å². The Hall–Kier alpha value is -1.62. The highest BCUT2D eigenvalue weighted by Crippen LogP contribution is 1.98. The summed E-state index contributed by atoms with van der Waals surface area (Å²) in [6.45, 7) is 0. The first-order valence-corrected chi connectivity index (χ1v) is 4.14. The van der Waals surface area contributed by atoms with Crippen LogP contribution in [0.2, 0.25) is 0 Å². The molecule has 0 unspecified atom stereocenters. The minimum atomic E-state index is -0.721. The van der Waals surface area contributed by atoms with Crippen LogP contribution in [0.1, 0.15) is 5.56 Å². The predicted molar refractivity (Wildman–Crippen MR) is 50.8 cm³/mol. The van der Waals surface area contributed by atoms with Crippen LogP contribution in [0, 0.1) is 0 Å². The third-order valence-electron chi connectivity index (χ3n) is 1.80. The van der Waals surface area contributed by atoms with Gasteiger partial charge >= 0.3 is 5.97 Å². The first-order chi connectivity index (χ1) is 6.63. The second-order valence-electron chi connectivity index (χ2n) is 2.89. The molecule has 0 bridgehead atoms. The molecule has 0 amide bonds. The average Bonchev–Trinajstić information content (AvgIpc) is 2.16. The molecule has 0 fully saturated rings. The number of hydrogen-bond acceptors (Lipinski definition) is 4. The Balaban J connectivity index is 2.69. The van der Waals surface area contributed by atoms with Crippen LogP contribution < -0.4 is 11.3 Å². The van der Waals surface area contributed by atoms with Crippen LogP contribution in [0.4, 0.5) is 0 Å². The molecule has 0 radical (unpaired) electrons. The lowest BCUT2D eigenvalue weighted by Gasteiger charge is -2.08. The van der Waals surface area contributed by atoms with E-state index >= 15 is 0 Å². The lowest BCUT2D eigenvalue weighted by molar-refractivity contribution is -0.142. The van der Waals surface area contributed by atoms with Crippen LogP contribution in [0.15, 0.2) is 23.1 Å². The van der Waals surface area contributed by atoms with Crippen LogP contribution >= 0.6 is 0 Å². The zero-order chi connectivity index (χ0) is 10.6. The van der Waals surface area contributed by atoms with Gasteiger partial charge in [0.1, 0.15) is 6.04 Å². The van der Waals surface area contributed by atoms with Gasteiger partial charge in [0.2, 0.25) is 5.56 Å². The van der Waals surface area contributed by atoms with Crippen LogP contribution in [0.3, 0.4) is 0 Å². The molecule has 1 atom stereocenters. The maximum absolute atomic E-state index is 11.0. The fraction of sp³-hybridized carbons (Fsp3) is 0.333. The van der Waals surface area contributed by atoms with E-state index in [0.29, 0.717) is 12.0 Å². The van der Waals surface area contributed by atoms with E-state index in [0.717, 1.165) is 0 Å². The van der Waals surface area contributed by atoms with E-state index in [1.165, 1.54) is 19.4 Å². The number of aromatic amines is 1. The fourth-order valence-electron chi connectivity index (χ4n) is 1.10. The Morgan fingerprint density at radius 2 is 2.43 bits per heavy atom. The zero-order valence-electron chi connectivity index (χ0n) is 7.82. The molecular formula is C9H12N2O3. The average molecular weight is 196 g/mol. The van der Waals surface area contributed by atoms with E-state index in [-0.39, 0.29) is 5.56 Å². The van der Waals surface area contributed by atoms with Crippen LogP contribution in [0.25, 0.3) is 0 Å². The number of carbonyl (C=O) groups is 1. The van der Waals surface area contributed by atoms with Crippen molar-refractivity contribution < 1.29 is 9.53 Å². The van der Waals surface area contributed by atoms with Crippen molar-refractivity contribution in [2.45, 2.75) is 12.5 Å². The van der Waals surface area contributed by atoms with Crippen molar-refractivity contribution in [2.75, 3.05) is 7.11 Å². The second kappa shape index (κ2) is 4.57. The molecular weight excluding hydrogens is 184 g/mol. The summed E-state index contributed by atoms with van der Waals surface area (Å²) in [6, 6.07) is 2.38. The summed E-state index contributed by atoms with van der Waals surface area (Å²) >= 11 is 0. The Morgan fingerprint density at radius 1 is 1.71 bits per heavy atom. The highest BCUT2D eigenvalue weighted by molar-refractivity contribution is 5.75. The van der Waals surface area contributed by atoms with E-state index in [1.807, 2.05) is 0 Å². The number of rotatable bonds is 3. The predicted octanol–water partition coefficient (Wildman–Crippen LogP) is -0.582. The molecule has 0 spiro atoms. The normalized spacial score (nSPS) is 12.1. The number of H-pyrrole nitrogens is 1. The first kappa shape index (κ1) is 10.5. The lowest BCUT2D eigenvalue weighted by Crippen LogP contribution is -2.33. The molecule has 0 aliphatic carbocycles. The molecule has 14 heavy (non-hydrogen) atoms. The van der Waals surface area contributed by atoms with Gasteiger partial charge in [-0.1, -0.05) is 0 Å². The highest BCUT2D eigenvalue weighted by Gasteiger charge is 2.13. The SMILES string of the molecule is COC(=O)[C@@H](N)Cc1cc[nH]c(=O)c1. The number of methoxy groups -OCH3 is 1. The smallest absolute Gasteiger partial charge is 0.322 e. The first-order valence-electron chi connectivity index (χ1n) is 4.14. The number of nitrogens with two attached hydrogens (primary N) is 1. The molecule has 0 aromatic carbocycles. The Bertz CT molecular complexity index is 372. The van der Waals surface area contributed by atoms with E-state index in [9.17, 15) is 9.59 Å². The molecule has 1 heterocycles. The van der Waals surface area contributed by atoms with Crippen molar-refractivity contribution in [3.8, 4) is 0 Å². The van der Waals surface area contributed by atoms with Gasteiger partial charge in [0.15, 0.2) is 0 Å². The number of nitrogens with one attached hydrogen (secondary N) is 1. The van der Waals surface area contributed by atoms with Gasteiger partial charge in [0, 0.05) is 12.3 Å². The molecule has 5 nitrogen and oxygen atoms in total. The Kier molecular flexibility index (Phi) is 3.41. The second-order valence-corrected chi connectivity index (χ2v) is 2.89. The van der Waals surface area contributed by atoms with Gasteiger partial charge in [-0.15, -0.1) is 0 Å². The summed E-state index contributed by atoms with van der Waals surface area (Å²) in [5.41, 5.74) is 6.03. The van der Waals surface area contributed by atoms with Crippen molar-refractivity contribution in [1.82, 2.24) is 4.98 Å². The monoisotopic (exact) mass is 196 g/mol. The molecule has 76 valence electrons. The molecule has 0 aliphatic rings. The maximum atomic E-state index is 11.0. The summed E-state index contributed by atoms with van der Waals surface area (Å²) in [5.74, 6) is -0.481. The number of aromatic nitrogens is 1.